The van der Waals surface area contributed by atoms with Gasteiger partial charge in [0.25, 0.3) is 0 Å². The van der Waals surface area contributed by atoms with Gasteiger partial charge in [0.15, 0.2) is 0 Å². The lowest BCUT2D eigenvalue weighted by molar-refractivity contribution is -0.137. The highest BCUT2D eigenvalue weighted by Crippen LogP contribution is 2.33. The molecule has 1 aromatic heterocycles. The molecule has 10 heteroatoms. The van der Waals surface area contributed by atoms with Crippen LogP contribution in [0.3, 0.4) is 0 Å². The molecule has 2 aromatic carbocycles. The van der Waals surface area contributed by atoms with E-state index in [0.29, 0.717) is 17.1 Å². The molecule has 7 nitrogen and oxygen atoms in total. The van der Waals surface area contributed by atoms with Gasteiger partial charge in [-0.25, -0.2) is 9.59 Å². The van der Waals surface area contributed by atoms with Gasteiger partial charge in [-0.05, 0) is 55.8 Å². The van der Waals surface area contributed by atoms with Crippen molar-refractivity contribution >= 4 is 23.8 Å². The van der Waals surface area contributed by atoms with E-state index in [2.05, 4.69) is 0 Å². The van der Waals surface area contributed by atoms with Crippen molar-refractivity contribution in [1.82, 2.24) is 4.57 Å². The van der Waals surface area contributed by atoms with E-state index in [1.165, 1.54) is 56.7 Å². The molecular weight excluding hydrogens is 489 g/mol. The van der Waals surface area contributed by atoms with Crippen molar-refractivity contribution in [1.29, 1.82) is 5.26 Å². The summed E-state index contributed by atoms with van der Waals surface area (Å²) in [7, 11) is 2.37. The normalized spacial score (nSPS) is 11.6. The van der Waals surface area contributed by atoms with Crippen molar-refractivity contribution < 1.29 is 37.0 Å². The minimum atomic E-state index is -4.67. The van der Waals surface area contributed by atoms with Gasteiger partial charge in [-0.3, -0.25) is 4.79 Å². The smallest absolute Gasteiger partial charge is 0.416 e. The van der Waals surface area contributed by atoms with Crippen LogP contribution in [0.1, 0.15) is 53.6 Å². The minimum absolute atomic E-state index is 0.0575. The van der Waals surface area contributed by atoms with Crippen LogP contribution in [-0.4, -0.2) is 36.5 Å². The third kappa shape index (κ3) is 5.46. The van der Waals surface area contributed by atoms with Crippen LogP contribution >= 0.6 is 0 Å². The quantitative estimate of drug-likeness (QED) is 0.189. The first-order valence-corrected chi connectivity index (χ1v) is 10.8. The number of esters is 2. The average molecular weight is 510 g/mol. The number of ketones is 1. The number of aromatic nitrogens is 1. The van der Waals surface area contributed by atoms with E-state index in [4.69, 9.17) is 9.47 Å². The molecule has 0 saturated heterocycles. The standard InChI is InChI=1S/C27H21F3N2O5/c1-15-9-22(24(33)20(14-31)10-17-7-5-6-8-23(17)27(28,29)30)16(2)32(15)21-12-18(25(34)36-3)11-19(13-21)26(35)37-4/h5-13H,1-4H3. The zero-order valence-corrected chi connectivity index (χ0v) is 20.3. The first-order valence-electron chi connectivity index (χ1n) is 10.8. The Morgan fingerprint density at radius 2 is 1.51 bits per heavy atom. The zero-order valence-electron chi connectivity index (χ0n) is 20.3. The second-order valence-electron chi connectivity index (χ2n) is 7.96. The van der Waals surface area contributed by atoms with E-state index in [9.17, 15) is 32.8 Å². The van der Waals surface area contributed by atoms with Crippen LogP contribution in [0.25, 0.3) is 11.8 Å². The Bertz CT molecular complexity index is 1440. The van der Waals surface area contributed by atoms with E-state index >= 15 is 0 Å². The Balaban J connectivity index is 2.15. The Kier molecular flexibility index (Phi) is 7.67. The van der Waals surface area contributed by atoms with Crippen molar-refractivity contribution in [3.8, 4) is 11.8 Å². The largest absolute Gasteiger partial charge is 0.465 e. The number of Topliss-reactive ketones (excluding diaryl/α,β-unsaturated/α-hetero) is 1. The lowest BCUT2D eigenvalue weighted by atomic mass is 9.99. The summed E-state index contributed by atoms with van der Waals surface area (Å²) < 4.78 is 51.3. The number of rotatable bonds is 6. The minimum Gasteiger partial charge on any atom is -0.465 e. The van der Waals surface area contributed by atoms with Gasteiger partial charge in [-0.2, -0.15) is 18.4 Å². The number of alkyl halides is 3. The Hall–Kier alpha value is -4.65. The van der Waals surface area contributed by atoms with E-state index < -0.39 is 35.0 Å². The molecule has 0 radical (unpaired) electrons. The number of nitrogens with zero attached hydrogens (tertiary/aromatic N) is 2. The molecule has 0 unspecified atom stereocenters. The third-order valence-electron chi connectivity index (χ3n) is 5.63. The maximum absolute atomic E-state index is 13.4. The van der Waals surface area contributed by atoms with Crippen molar-refractivity contribution in [2.45, 2.75) is 20.0 Å². The van der Waals surface area contributed by atoms with Gasteiger partial charge in [0, 0.05) is 22.6 Å². The van der Waals surface area contributed by atoms with E-state index in [1.807, 2.05) is 0 Å². The van der Waals surface area contributed by atoms with Gasteiger partial charge >= 0.3 is 18.1 Å². The molecule has 0 bridgehead atoms. The highest BCUT2D eigenvalue weighted by Gasteiger charge is 2.33. The molecule has 0 aliphatic carbocycles. The summed E-state index contributed by atoms with van der Waals surface area (Å²) in [6, 6.07) is 12.0. The number of carbonyl (C=O) groups excluding carboxylic acids is 3. The van der Waals surface area contributed by atoms with Crippen LogP contribution in [0.15, 0.2) is 54.1 Å². The molecule has 1 heterocycles. The molecule has 0 fully saturated rings. The Morgan fingerprint density at radius 1 is 0.946 bits per heavy atom. The van der Waals surface area contributed by atoms with Crippen LogP contribution < -0.4 is 0 Å². The summed E-state index contributed by atoms with van der Waals surface area (Å²) >= 11 is 0. The second-order valence-corrected chi connectivity index (χ2v) is 7.96. The maximum Gasteiger partial charge on any atom is 0.416 e. The van der Waals surface area contributed by atoms with Crippen molar-refractivity contribution in [3.63, 3.8) is 0 Å². The third-order valence-corrected chi connectivity index (χ3v) is 5.63. The average Bonchev–Trinajstić information content (AvgIpc) is 3.18. The van der Waals surface area contributed by atoms with Crippen molar-refractivity contribution in [2.75, 3.05) is 14.2 Å². The molecular formula is C27H21F3N2O5. The number of aryl methyl sites for hydroxylation is 1. The SMILES string of the molecule is COC(=O)c1cc(C(=O)OC)cc(-n2c(C)cc(C(=O)C(C#N)=Cc3ccccc3C(F)(F)F)c2C)c1. The van der Waals surface area contributed by atoms with E-state index in [-0.39, 0.29) is 22.3 Å². The number of benzene rings is 2. The van der Waals surface area contributed by atoms with Crippen LogP contribution in [0.5, 0.6) is 0 Å². The summed E-state index contributed by atoms with van der Waals surface area (Å²) in [6.07, 6.45) is -3.76. The molecule has 0 aliphatic rings. The number of methoxy groups -OCH3 is 2. The maximum atomic E-state index is 13.4. The molecule has 0 aliphatic heterocycles. The Morgan fingerprint density at radius 3 is 2.03 bits per heavy atom. The lowest BCUT2D eigenvalue weighted by Gasteiger charge is -2.13. The van der Waals surface area contributed by atoms with Crippen molar-refractivity contribution in [2.24, 2.45) is 0 Å². The molecule has 0 N–H and O–H groups in total. The summed E-state index contributed by atoms with van der Waals surface area (Å²) in [5.41, 5.74) is -0.421. The number of hydrogen-bond donors (Lipinski definition) is 0. The van der Waals surface area contributed by atoms with Crippen LogP contribution in [-0.2, 0) is 15.7 Å². The summed E-state index contributed by atoms with van der Waals surface area (Å²) in [4.78, 5) is 37.6. The van der Waals surface area contributed by atoms with Crippen molar-refractivity contribution in [3.05, 3.63) is 93.3 Å². The second kappa shape index (κ2) is 10.5. The molecule has 190 valence electrons. The summed E-state index contributed by atoms with van der Waals surface area (Å²) in [5.74, 6) is -2.19. The molecule has 3 rings (SSSR count). The topological polar surface area (TPSA) is 98.4 Å². The molecule has 37 heavy (non-hydrogen) atoms. The van der Waals surface area contributed by atoms with Gasteiger partial charge < -0.3 is 14.0 Å². The molecule has 3 aromatic rings. The van der Waals surface area contributed by atoms with Gasteiger partial charge in [-0.15, -0.1) is 0 Å². The summed E-state index contributed by atoms with van der Waals surface area (Å²) in [6.45, 7) is 3.22. The number of allylic oxidation sites excluding steroid dienone is 1. The fraction of sp³-hybridized carbons (Fsp3) is 0.185. The van der Waals surface area contributed by atoms with E-state index in [1.54, 1.807) is 24.5 Å². The first-order chi connectivity index (χ1) is 17.4. The fourth-order valence-corrected chi connectivity index (χ4v) is 3.93. The number of hydrogen-bond acceptors (Lipinski definition) is 6. The van der Waals surface area contributed by atoms with Gasteiger partial charge in [0.2, 0.25) is 5.78 Å². The van der Waals surface area contributed by atoms with Crippen LogP contribution in [0.4, 0.5) is 13.2 Å². The molecule has 0 saturated carbocycles. The predicted molar refractivity (Wildman–Crippen MR) is 127 cm³/mol. The lowest BCUT2D eigenvalue weighted by Crippen LogP contribution is -2.10. The van der Waals surface area contributed by atoms with Crippen LogP contribution in [0.2, 0.25) is 0 Å². The van der Waals surface area contributed by atoms with Crippen LogP contribution in [0, 0.1) is 25.2 Å². The number of ether oxygens (including phenoxy) is 2. The summed E-state index contributed by atoms with van der Waals surface area (Å²) in [5, 5.41) is 9.62. The number of halogens is 3. The molecule has 0 atom stereocenters. The van der Waals surface area contributed by atoms with Gasteiger partial charge in [0.1, 0.15) is 11.6 Å². The van der Waals surface area contributed by atoms with E-state index in [0.717, 1.165) is 12.1 Å². The number of carbonyl (C=O) groups is 3. The fourth-order valence-electron chi connectivity index (χ4n) is 3.93. The van der Waals surface area contributed by atoms with Gasteiger partial charge in [-0.1, -0.05) is 18.2 Å². The monoisotopic (exact) mass is 510 g/mol. The molecule has 0 spiro atoms. The number of nitriles is 1. The Labute approximate surface area is 210 Å². The molecule has 0 amide bonds. The first kappa shape index (κ1) is 26.9. The highest BCUT2D eigenvalue weighted by atomic mass is 19.4. The predicted octanol–water partition coefficient (Wildman–Crippen LogP) is 5.48. The van der Waals surface area contributed by atoms with Gasteiger partial charge in [0.05, 0.1) is 30.9 Å². The zero-order chi connectivity index (χ0) is 27.5. The highest BCUT2D eigenvalue weighted by molar-refractivity contribution is 6.15.